The number of anilines is 1. The number of benzene rings is 2. The number of alkyl halides is 3. The van der Waals surface area contributed by atoms with Crippen molar-refractivity contribution in [3.05, 3.63) is 52.6 Å². The third-order valence-electron chi connectivity index (χ3n) is 7.27. The molecular weight excluding hydrogens is 551 g/mol. The SMILES string of the molecule is COC(=O)c1c(NS(=O)(=O)c2ccc(F)cc2CC2CCN(C(=O)C(F)(F)F)C2)cc(F)c2c1OCC1CC21. The number of amides is 1. The van der Waals surface area contributed by atoms with E-state index in [4.69, 9.17) is 9.47 Å². The summed E-state index contributed by atoms with van der Waals surface area (Å²) in [6.45, 7) is -0.240. The molecule has 1 aliphatic carbocycles. The molecule has 1 saturated carbocycles. The normalized spacial score (nSPS) is 22.0. The van der Waals surface area contributed by atoms with Crippen LogP contribution in [0, 0.1) is 23.5 Å². The standard InChI is InChI=1S/C25H23F5N2O6S/c1-37-23(33)21-18(9-17(27)20-16-8-14(16)11-38-22(20)21)31-39(35,36)19-3-2-15(26)7-13(19)6-12-4-5-32(10-12)24(34)25(28,29)30/h2-3,7,9,12,14,16,31H,4-6,8,10-11H2,1H3. The van der Waals surface area contributed by atoms with Gasteiger partial charge in [0.1, 0.15) is 22.9 Å². The molecule has 0 spiro atoms. The number of sulfonamides is 1. The van der Waals surface area contributed by atoms with Crippen LogP contribution < -0.4 is 9.46 Å². The van der Waals surface area contributed by atoms with Gasteiger partial charge in [-0.25, -0.2) is 22.0 Å². The number of carbonyl (C=O) groups is 2. The van der Waals surface area contributed by atoms with Gasteiger partial charge in [0, 0.05) is 24.6 Å². The molecule has 1 saturated heterocycles. The summed E-state index contributed by atoms with van der Waals surface area (Å²) >= 11 is 0. The largest absolute Gasteiger partial charge is 0.492 e. The van der Waals surface area contributed by atoms with E-state index in [9.17, 15) is 35.6 Å². The van der Waals surface area contributed by atoms with Gasteiger partial charge in [-0.2, -0.15) is 13.2 Å². The highest BCUT2D eigenvalue weighted by Crippen LogP contribution is 2.56. The van der Waals surface area contributed by atoms with Gasteiger partial charge in [0.05, 0.1) is 24.3 Å². The highest BCUT2D eigenvalue weighted by Gasteiger charge is 2.48. The lowest BCUT2D eigenvalue weighted by molar-refractivity contribution is -0.184. The van der Waals surface area contributed by atoms with E-state index in [1.807, 2.05) is 0 Å². The summed E-state index contributed by atoms with van der Waals surface area (Å²) in [5, 5.41) is 0. The quantitative estimate of drug-likeness (QED) is 0.414. The Labute approximate surface area is 220 Å². The zero-order valence-corrected chi connectivity index (χ0v) is 21.3. The zero-order chi connectivity index (χ0) is 28.3. The van der Waals surface area contributed by atoms with Crippen molar-refractivity contribution in [1.82, 2.24) is 4.90 Å². The number of hydrogen-bond donors (Lipinski definition) is 1. The number of methoxy groups -OCH3 is 1. The molecule has 0 radical (unpaired) electrons. The van der Waals surface area contributed by atoms with Gasteiger partial charge >= 0.3 is 18.1 Å². The molecule has 39 heavy (non-hydrogen) atoms. The van der Waals surface area contributed by atoms with E-state index in [2.05, 4.69) is 4.72 Å². The molecule has 2 aromatic carbocycles. The molecule has 1 amide bonds. The Bertz CT molecular complexity index is 1460. The minimum Gasteiger partial charge on any atom is -0.492 e. The fraction of sp³-hybridized carbons (Fsp3) is 0.440. The number of fused-ring (bicyclic) bond motifs is 3. The molecule has 0 bridgehead atoms. The molecular formula is C25H23F5N2O6S. The first-order chi connectivity index (χ1) is 18.3. The van der Waals surface area contributed by atoms with Crippen molar-refractivity contribution in [3.8, 4) is 5.75 Å². The molecule has 0 aromatic heterocycles. The van der Waals surface area contributed by atoms with E-state index < -0.39 is 56.2 Å². The Balaban J connectivity index is 1.46. The maximum Gasteiger partial charge on any atom is 0.471 e. The second-order valence-electron chi connectivity index (χ2n) is 9.89. The van der Waals surface area contributed by atoms with E-state index in [1.165, 1.54) is 0 Å². The summed E-state index contributed by atoms with van der Waals surface area (Å²) in [7, 11) is -3.50. The van der Waals surface area contributed by atoms with E-state index >= 15 is 4.39 Å². The lowest BCUT2D eigenvalue weighted by Gasteiger charge is -2.23. The number of carbonyl (C=O) groups excluding carboxylic acids is 2. The van der Waals surface area contributed by atoms with Gasteiger partial charge in [-0.15, -0.1) is 0 Å². The van der Waals surface area contributed by atoms with Crippen LogP contribution in [0.25, 0.3) is 0 Å². The molecule has 2 fully saturated rings. The van der Waals surface area contributed by atoms with Crippen LogP contribution >= 0.6 is 0 Å². The van der Waals surface area contributed by atoms with E-state index in [0.717, 1.165) is 31.4 Å². The first kappa shape index (κ1) is 27.2. The summed E-state index contributed by atoms with van der Waals surface area (Å²) in [6.07, 6.45) is -4.38. The minimum absolute atomic E-state index is 0.0519. The lowest BCUT2D eigenvalue weighted by atomic mass is 9.98. The Hall–Kier alpha value is -3.42. The van der Waals surface area contributed by atoms with Gasteiger partial charge in [0.25, 0.3) is 10.0 Å². The predicted molar refractivity (Wildman–Crippen MR) is 126 cm³/mol. The number of halogens is 5. The predicted octanol–water partition coefficient (Wildman–Crippen LogP) is 4.00. The monoisotopic (exact) mass is 574 g/mol. The van der Waals surface area contributed by atoms with E-state index in [0.29, 0.717) is 11.3 Å². The number of nitrogens with zero attached hydrogens (tertiary/aromatic N) is 1. The van der Waals surface area contributed by atoms with Crippen LogP contribution in [0.4, 0.5) is 27.6 Å². The molecule has 14 heteroatoms. The number of rotatable bonds is 6. The molecule has 3 atom stereocenters. The first-order valence-corrected chi connectivity index (χ1v) is 13.5. The number of nitrogens with one attached hydrogen (secondary N) is 1. The summed E-state index contributed by atoms with van der Waals surface area (Å²) in [6, 6.07) is 3.66. The minimum atomic E-state index is -5.04. The highest BCUT2D eigenvalue weighted by atomic mass is 32.2. The highest BCUT2D eigenvalue weighted by molar-refractivity contribution is 7.92. The number of hydrogen-bond acceptors (Lipinski definition) is 6. The third kappa shape index (κ3) is 5.13. The average Bonchev–Trinajstić information content (AvgIpc) is 3.51. The van der Waals surface area contributed by atoms with Crippen molar-refractivity contribution in [2.75, 3.05) is 31.5 Å². The van der Waals surface area contributed by atoms with Gasteiger partial charge in [0.2, 0.25) is 0 Å². The van der Waals surface area contributed by atoms with E-state index in [-0.39, 0.29) is 66.8 Å². The second kappa shape index (κ2) is 9.65. The Morgan fingerprint density at radius 3 is 2.64 bits per heavy atom. The topological polar surface area (TPSA) is 102 Å². The first-order valence-electron chi connectivity index (χ1n) is 12.0. The third-order valence-corrected chi connectivity index (χ3v) is 8.74. The summed E-state index contributed by atoms with van der Waals surface area (Å²) < 4.78 is 107. The molecule has 3 aliphatic rings. The van der Waals surface area contributed by atoms with Crippen molar-refractivity contribution < 1.29 is 49.4 Å². The van der Waals surface area contributed by atoms with Crippen LogP contribution in [0.2, 0.25) is 0 Å². The van der Waals surface area contributed by atoms with Crippen LogP contribution in [0.15, 0.2) is 29.2 Å². The fourth-order valence-corrected chi connectivity index (χ4v) is 6.64. The molecule has 3 unspecified atom stereocenters. The van der Waals surface area contributed by atoms with Crippen LogP contribution in [0.3, 0.4) is 0 Å². The van der Waals surface area contributed by atoms with Crippen molar-refractivity contribution in [2.45, 2.75) is 36.3 Å². The maximum atomic E-state index is 15.1. The van der Waals surface area contributed by atoms with Crippen LogP contribution in [-0.4, -0.2) is 58.2 Å². The average molecular weight is 575 g/mol. The molecule has 1 N–H and O–H groups in total. The van der Waals surface area contributed by atoms with Crippen LogP contribution in [0.5, 0.6) is 5.75 Å². The molecule has 8 nitrogen and oxygen atoms in total. The van der Waals surface area contributed by atoms with E-state index in [1.54, 1.807) is 0 Å². The summed E-state index contributed by atoms with van der Waals surface area (Å²) in [5.41, 5.74) is -0.612. The Morgan fingerprint density at radius 1 is 1.21 bits per heavy atom. The maximum absolute atomic E-state index is 15.1. The van der Waals surface area contributed by atoms with Gasteiger partial charge in [0.15, 0.2) is 0 Å². The molecule has 2 heterocycles. The molecule has 2 aliphatic heterocycles. The fourth-order valence-electron chi connectivity index (χ4n) is 5.34. The lowest BCUT2D eigenvalue weighted by Crippen LogP contribution is -2.39. The van der Waals surface area contributed by atoms with Gasteiger partial charge in [-0.05, 0) is 60.9 Å². The second-order valence-corrected chi connectivity index (χ2v) is 11.5. The molecule has 5 rings (SSSR count). The molecule has 210 valence electrons. The van der Waals surface area contributed by atoms with Gasteiger partial charge in [-0.1, -0.05) is 0 Å². The number of likely N-dealkylation sites (tertiary alicyclic amines) is 1. The van der Waals surface area contributed by atoms with Crippen LogP contribution in [0.1, 0.15) is 40.2 Å². The molecule has 2 aromatic rings. The Kier molecular flexibility index (Phi) is 6.72. The zero-order valence-electron chi connectivity index (χ0n) is 20.5. The van der Waals surface area contributed by atoms with Crippen molar-refractivity contribution >= 4 is 27.6 Å². The smallest absolute Gasteiger partial charge is 0.471 e. The van der Waals surface area contributed by atoms with Crippen molar-refractivity contribution in [2.24, 2.45) is 11.8 Å². The Morgan fingerprint density at radius 2 is 1.95 bits per heavy atom. The van der Waals surface area contributed by atoms with Gasteiger partial charge < -0.3 is 14.4 Å². The van der Waals surface area contributed by atoms with Crippen molar-refractivity contribution in [1.29, 1.82) is 0 Å². The van der Waals surface area contributed by atoms with Crippen LogP contribution in [-0.2, 0) is 26.0 Å². The van der Waals surface area contributed by atoms with Gasteiger partial charge in [-0.3, -0.25) is 9.52 Å². The number of esters is 1. The number of ether oxygens (including phenoxy) is 2. The summed E-state index contributed by atoms with van der Waals surface area (Å²) in [5.74, 6) is -5.21. The summed E-state index contributed by atoms with van der Waals surface area (Å²) in [4.78, 5) is 24.4. The van der Waals surface area contributed by atoms with Crippen molar-refractivity contribution in [3.63, 3.8) is 0 Å².